The molecule has 4 rings (SSSR count). The number of likely N-dealkylation sites (tertiary alicyclic amines) is 1. The average molecular weight is 391 g/mol. The van der Waals surface area contributed by atoms with Gasteiger partial charge < -0.3 is 9.64 Å². The summed E-state index contributed by atoms with van der Waals surface area (Å²) < 4.78 is 5.97. The fourth-order valence-corrected chi connectivity index (χ4v) is 5.26. The van der Waals surface area contributed by atoms with E-state index in [1.807, 2.05) is 4.90 Å². The van der Waals surface area contributed by atoms with Gasteiger partial charge in [0.2, 0.25) is 0 Å². The highest BCUT2D eigenvalue weighted by Gasteiger charge is 2.29. The van der Waals surface area contributed by atoms with E-state index in [4.69, 9.17) is 16.3 Å². The summed E-state index contributed by atoms with van der Waals surface area (Å²) in [5.41, 5.74) is 2.25. The number of aromatic nitrogens is 1. The van der Waals surface area contributed by atoms with Crippen LogP contribution in [0.4, 0.5) is 0 Å². The van der Waals surface area contributed by atoms with Crippen molar-refractivity contribution in [2.24, 2.45) is 5.92 Å². The van der Waals surface area contributed by atoms with Gasteiger partial charge in [0.25, 0.3) is 5.91 Å². The summed E-state index contributed by atoms with van der Waals surface area (Å²) in [4.78, 5) is 20.4. The fraction of sp³-hybridized carbons (Fsp3) is 0.500. The van der Waals surface area contributed by atoms with Gasteiger partial charge in [-0.2, -0.15) is 0 Å². The topological polar surface area (TPSA) is 42.4 Å². The van der Waals surface area contributed by atoms with E-state index in [1.165, 1.54) is 16.9 Å². The number of thiophene rings is 1. The average Bonchev–Trinajstić information content (AvgIpc) is 3.05. The minimum absolute atomic E-state index is 0.108. The molecule has 1 fully saturated rings. The molecule has 0 saturated carbocycles. The number of nitrogens with zero attached hydrogens (tertiary/aromatic N) is 2. The fourth-order valence-electron chi connectivity index (χ4n) is 3.85. The molecule has 0 bridgehead atoms. The molecule has 1 aliphatic carbocycles. The Labute approximate surface area is 163 Å². The Morgan fingerprint density at radius 1 is 1.31 bits per heavy atom. The van der Waals surface area contributed by atoms with Crippen molar-refractivity contribution in [2.45, 2.75) is 45.1 Å². The molecule has 1 unspecified atom stereocenters. The van der Waals surface area contributed by atoms with E-state index < -0.39 is 0 Å². The predicted molar refractivity (Wildman–Crippen MR) is 104 cm³/mol. The smallest absolute Gasteiger partial charge is 0.254 e. The summed E-state index contributed by atoms with van der Waals surface area (Å²) in [7, 11) is 0. The first-order valence-electron chi connectivity index (χ1n) is 9.26. The maximum absolute atomic E-state index is 13.0. The van der Waals surface area contributed by atoms with Crippen LogP contribution >= 0.6 is 22.9 Å². The summed E-state index contributed by atoms with van der Waals surface area (Å²) in [5, 5.41) is 2.65. The van der Waals surface area contributed by atoms with E-state index in [0.29, 0.717) is 10.8 Å². The lowest BCUT2D eigenvalue weighted by Crippen LogP contribution is -2.42. The van der Waals surface area contributed by atoms with E-state index in [1.54, 1.807) is 29.8 Å². The largest absolute Gasteiger partial charge is 0.489 e. The van der Waals surface area contributed by atoms with Crippen LogP contribution in [0.15, 0.2) is 23.8 Å². The highest BCUT2D eigenvalue weighted by molar-refractivity contribution is 7.10. The minimum Gasteiger partial charge on any atom is -0.489 e. The number of hydrogen-bond donors (Lipinski definition) is 0. The lowest BCUT2D eigenvalue weighted by molar-refractivity contribution is 0.0594. The molecule has 26 heavy (non-hydrogen) atoms. The SMILES string of the molecule is CC1CCc2c(C(=O)N3CCC(Oc4cncc(Cl)c4)CC3)csc2C1. The van der Waals surface area contributed by atoms with Crippen molar-refractivity contribution in [2.75, 3.05) is 13.1 Å². The molecule has 1 atom stereocenters. The van der Waals surface area contributed by atoms with Crippen LogP contribution < -0.4 is 4.74 Å². The van der Waals surface area contributed by atoms with Crippen molar-refractivity contribution < 1.29 is 9.53 Å². The number of amides is 1. The molecule has 2 aliphatic rings. The number of carbonyl (C=O) groups is 1. The Morgan fingerprint density at radius 3 is 2.88 bits per heavy atom. The number of pyridine rings is 1. The monoisotopic (exact) mass is 390 g/mol. The Bertz CT molecular complexity index is 799. The van der Waals surface area contributed by atoms with Gasteiger partial charge in [0.05, 0.1) is 16.8 Å². The van der Waals surface area contributed by atoms with Crippen LogP contribution in [-0.4, -0.2) is 35.0 Å². The van der Waals surface area contributed by atoms with E-state index in [-0.39, 0.29) is 12.0 Å². The van der Waals surface area contributed by atoms with Gasteiger partial charge in [0, 0.05) is 48.5 Å². The number of halogens is 1. The predicted octanol–water partition coefficient (Wildman–Crippen LogP) is 4.60. The number of rotatable bonds is 3. The van der Waals surface area contributed by atoms with Crippen LogP contribution in [0.25, 0.3) is 0 Å². The lowest BCUT2D eigenvalue weighted by atomic mass is 9.88. The van der Waals surface area contributed by atoms with E-state index in [0.717, 1.165) is 50.3 Å². The highest BCUT2D eigenvalue weighted by Crippen LogP contribution is 2.34. The van der Waals surface area contributed by atoms with E-state index in [9.17, 15) is 4.79 Å². The molecule has 1 aliphatic heterocycles. The number of fused-ring (bicyclic) bond motifs is 1. The molecule has 2 aromatic rings. The van der Waals surface area contributed by atoms with Gasteiger partial charge in [-0.25, -0.2) is 0 Å². The van der Waals surface area contributed by atoms with Gasteiger partial charge >= 0.3 is 0 Å². The number of hydrogen-bond acceptors (Lipinski definition) is 4. The normalized spacial score (nSPS) is 20.7. The van der Waals surface area contributed by atoms with E-state index >= 15 is 0 Å². The first kappa shape index (κ1) is 17.8. The van der Waals surface area contributed by atoms with Gasteiger partial charge in [-0.3, -0.25) is 9.78 Å². The zero-order valence-corrected chi connectivity index (χ0v) is 16.5. The zero-order chi connectivity index (χ0) is 18.1. The molecule has 1 amide bonds. The van der Waals surface area contributed by atoms with Crippen molar-refractivity contribution in [3.63, 3.8) is 0 Å². The Balaban J connectivity index is 1.37. The summed E-state index contributed by atoms with van der Waals surface area (Å²) in [6.07, 6.45) is 8.41. The summed E-state index contributed by atoms with van der Waals surface area (Å²) >= 11 is 7.72. The van der Waals surface area contributed by atoms with Crippen LogP contribution in [0.1, 0.15) is 47.0 Å². The molecular weight excluding hydrogens is 368 g/mol. The Morgan fingerprint density at radius 2 is 2.12 bits per heavy atom. The second-order valence-electron chi connectivity index (χ2n) is 7.35. The van der Waals surface area contributed by atoms with Gasteiger partial charge in [-0.15, -0.1) is 11.3 Å². The number of piperidine rings is 1. The summed E-state index contributed by atoms with van der Waals surface area (Å²) in [6, 6.07) is 1.78. The van der Waals surface area contributed by atoms with Crippen LogP contribution in [-0.2, 0) is 12.8 Å². The third-order valence-corrected chi connectivity index (χ3v) is 6.60. The van der Waals surface area contributed by atoms with Gasteiger partial charge in [-0.1, -0.05) is 18.5 Å². The molecule has 0 N–H and O–H groups in total. The van der Waals surface area contributed by atoms with Crippen molar-refractivity contribution in [1.29, 1.82) is 0 Å². The molecule has 4 nitrogen and oxygen atoms in total. The molecule has 2 aromatic heterocycles. The third-order valence-electron chi connectivity index (χ3n) is 5.34. The zero-order valence-electron chi connectivity index (χ0n) is 14.9. The summed E-state index contributed by atoms with van der Waals surface area (Å²) in [5.74, 6) is 1.63. The van der Waals surface area contributed by atoms with Crippen LogP contribution in [0.5, 0.6) is 5.75 Å². The number of ether oxygens (including phenoxy) is 1. The molecule has 0 spiro atoms. The van der Waals surface area contributed by atoms with Crippen molar-refractivity contribution in [3.05, 3.63) is 44.9 Å². The Hall–Kier alpha value is -1.59. The van der Waals surface area contributed by atoms with Crippen molar-refractivity contribution in [3.8, 4) is 5.75 Å². The molecule has 1 saturated heterocycles. The molecule has 0 aromatic carbocycles. The molecule has 138 valence electrons. The van der Waals surface area contributed by atoms with Crippen LogP contribution in [0.3, 0.4) is 0 Å². The Kier molecular flexibility index (Phi) is 5.18. The second kappa shape index (κ2) is 7.57. The van der Waals surface area contributed by atoms with Crippen molar-refractivity contribution in [1.82, 2.24) is 9.88 Å². The first-order chi connectivity index (χ1) is 12.6. The molecule has 6 heteroatoms. The van der Waals surface area contributed by atoms with Gasteiger partial charge in [-0.05, 0) is 30.7 Å². The number of carbonyl (C=O) groups excluding carboxylic acids is 1. The minimum atomic E-state index is 0.108. The molecule has 3 heterocycles. The van der Waals surface area contributed by atoms with Crippen LogP contribution in [0, 0.1) is 5.92 Å². The van der Waals surface area contributed by atoms with Gasteiger partial charge in [0.15, 0.2) is 0 Å². The van der Waals surface area contributed by atoms with Crippen LogP contribution in [0.2, 0.25) is 5.02 Å². The highest BCUT2D eigenvalue weighted by atomic mass is 35.5. The maximum Gasteiger partial charge on any atom is 0.254 e. The van der Waals surface area contributed by atoms with Crippen molar-refractivity contribution >= 4 is 28.8 Å². The standard InChI is InChI=1S/C20H23ClN2O2S/c1-13-2-3-17-18(12-26-19(17)8-13)20(24)23-6-4-15(5-7-23)25-16-9-14(21)10-22-11-16/h9-13,15H,2-8H2,1H3. The lowest BCUT2D eigenvalue weighted by Gasteiger charge is -2.32. The second-order valence-corrected chi connectivity index (χ2v) is 8.75. The maximum atomic E-state index is 13.0. The summed E-state index contributed by atoms with van der Waals surface area (Å²) in [6.45, 7) is 3.77. The van der Waals surface area contributed by atoms with Gasteiger partial charge in [0.1, 0.15) is 11.9 Å². The quantitative estimate of drug-likeness (QED) is 0.768. The molecular formula is C20H23ClN2O2S. The third kappa shape index (κ3) is 3.74. The molecule has 0 radical (unpaired) electrons. The van der Waals surface area contributed by atoms with E-state index in [2.05, 4.69) is 17.3 Å². The first-order valence-corrected chi connectivity index (χ1v) is 10.5.